The number of hydrogen-bond donors (Lipinski definition) is 1. The molecule has 0 aliphatic carbocycles. The van der Waals surface area contributed by atoms with Crippen LogP contribution in [-0.2, 0) is 16.1 Å². The fourth-order valence-electron chi connectivity index (χ4n) is 3.97. The molecule has 31 heavy (non-hydrogen) atoms. The number of aromatic amines is 1. The topological polar surface area (TPSA) is 58.2 Å². The minimum atomic E-state index is -0.281. The average molecular weight is 476 g/mol. The number of aromatic nitrogens is 2. The lowest BCUT2D eigenvalue weighted by molar-refractivity contribution is -0.141. The van der Waals surface area contributed by atoms with Crippen LogP contribution in [0.3, 0.4) is 0 Å². The highest BCUT2D eigenvalue weighted by molar-refractivity contribution is 7.22. The lowest BCUT2D eigenvalue weighted by Gasteiger charge is -2.32. The van der Waals surface area contributed by atoms with Gasteiger partial charge in [0.05, 0.1) is 23.4 Å². The Labute approximate surface area is 194 Å². The number of thiazole rings is 1. The summed E-state index contributed by atoms with van der Waals surface area (Å²) in [5.41, 5.74) is 4.23. The summed E-state index contributed by atoms with van der Waals surface area (Å²) in [6.45, 7) is 7.15. The Bertz CT molecular complexity index is 1250. The van der Waals surface area contributed by atoms with Crippen LogP contribution in [0.2, 0.25) is 10.0 Å². The number of nitrogens with zero attached hydrogens (tertiary/aromatic N) is 2. The summed E-state index contributed by atoms with van der Waals surface area (Å²) in [6.07, 6.45) is 0. The number of rotatable bonds is 3. The normalized spacial score (nSPS) is 15.5. The molecule has 0 radical (unpaired) electrons. The molecule has 1 aliphatic rings. The molecule has 2 aromatic heterocycles. The predicted molar refractivity (Wildman–Crippen MR) is 130 cm³/mol. The molecule has 0 amide bonds. The Morgan fingerprint density at radius 2 is 1.97 bits per heavy atom. The second-order valence-corrected chi connectivity index (χ2v) is 9.08. The van der Waals surface area contributed by atoms with E-state index in [1.807, 2.05) is 50.2 Å². The lowest BCUT2D eigenvalue weighted by atomic mass is 9.92. The van der Waals surface area contributed by atoms with Crippen molar-refractivity contribution in [3.05, 3.63) is 57.7 Å². The average Bonchev–Trinajstić information content (AvgIpc) is 3.34. The number of anilines is 1. The van der Waals surface area contributed by atoms with E-state index in [1.165, 1.54) is 12.5 Å². The molecule has 0 fully saturated rings. The maximum atomic E-state index is 11.5. The first-order valence-corrected chi connectivity index (χ1v) is 11.8. The maximum absolute atomic E-state index is 11.5. The molecular formula is C23H23Cl2N3O2S. The van der Waals surface area contributed by atoms with Gasteiger partial charge in [-0.25, -0.2) is 4.98 Å². The molecule has 4 aromatic rings. The van der Waals surface area contributed by atoms with Crippen molar-refractivity contribution in [3.8, 4) is 0 Å². The van der Waals surface area contributed by atoms with Gasteiger partial charge in [0.1, 0.15) is 0 Å². The number of halogens is 2. The Kier molecular flexibility index (Phi) is 6.42. The fraction of sp³-hybridized carbons (Fsp3) is 0.304. The molecule has 1 atom stereocenters. The largest absolute Gasteiger partial charge is 0.465 e. The van der Waals surface area contributed by atoms with Crippen LogP contribution in [-0.4, -0.2) is 29.1 Å². The van der Waals surface area contributed by atoms with Gasteiger partial charge in [-0.05, 0) is 42.0 Å². The van der Waals surface area contributed by atoms with Gasteiger partial charge < -0.3 is 14.6 Å². The van der Waals surface area contributed by atoms with Crippen LogP contribution in [0.25, 0.3) is 21.1 Å². The third-order valence-electron chi connectivity index (χ3n) is 5.18. The van der Waals surface area contributed by atoms with Crippen LogP contribution < -0.4 is 4.90 Å². The van der Waals surface area contributed by atoms with Crippen molar-refractivity contribution in [3.63, 3.8) is 0 Å². The third kappa shape index (κ3) is 4.38. The summed E-state index contributed by atoms with van der Waals surface area (Å²) in [5, 5.41) is 3.41. The molecule has 3 heterocycles. The Hall–Kier alpha value is -2.28. The van der Waals surface area contributed by atoms with Crippen molar-refractivity contribution < 1.29 is 9.53 Å². The Balaban J connectivity index is 0.00000112. The minimum Gasteiger partial charge on any atom is -0.465 e. The van der Waals surface area contributed by atoms with Crippen LogP contribution in [0.15, 0.2) is 36.4 Å². The molecular weight excluding hydrogens is 453 g/mol. The zero-order chi connectivity index (χ0) is 22.1. The molecule has 0 saturated heterocycles. The summed E-state index contributed by atoms with van der Waals surface area (Å²) in [5.74, 6) is -0.262. The highest BCUT2D eigenvalue weighted by atomic mass is 35.5. The van der Waals surface area contributed by atoms with Crippen molar-refractivity contribution in [2.24, 2.45) is 0 Å². The van der Waals surface area contributed by atoms with Crippen molar-refractivity contribution in [2.45, 2.75) is 33.2 Å². The second kappa shape index (κ2) is 9.07. The second-order valence-electron chi connectivity index (χ2n) is 7.20. The number of benzene rings is 2. The van der Waals surface area contributed by atoms with Crippen LogP contribution in [0.4, 0.5) is 5.13 Å². The number of hydrogen-bond acceptors (Lipinski definition) is 5. The minimum absolute atomic E-state index is 0.0190. The van der Waals surface area contributed by atoms with Crippen molar-refractivity contribution in [2.75, 3.05) is 18.1 Å². The summed E-state index contributed by atoms with van der Waals surface area (Å²) in [6, 6.07) is 11.6. The van der Waals surface area contributed by atoms with E-state index in [-0.39, 0.29) is 11.9 Å². The van der Waals surface area contributed by atoms with Gasteiger partial charge in [-0.15, -0.1) is 0 Å². The number of carbonyl (C=O) groups excluding carboxylic acids is 1. The monoisotopic (exact) mass is 475 g/mol. The first-order chi connectivity index (χ1) is 15.0. The van der Waals surface area contributed by atoms with Crippen LogP contribution in [0, 0.1) is 0 Å². The third-order valence-corrected chi connectivity index (χ3v) is 6.73. The summed E-state index contributed by atoms with van der Waals surface area (Å²) in [7, 11) is 0. The number of esters is 1. The van der Waals surface area contributed by atoms with Gasteiger partial charge in [0.15, 0.2) is 5.13 Å². The molecule has 1 N–H and O–H groups in total. The molecule has 8 heteroatoms. The molecule has 162 valence electrons. The standard InChI is InChI=1S/C21H17Cl2N3O2S.C2H6/c1-11(27)28-10-12-8-26(21-25-17-5-3-14(23)7-19(17)29-21)9-18-20(12)15-6-13(22)2-4-16(15)24-18;1-2/h2-7,12,24H,8-10H2,1H3;1-2H3. The summed E-state index contributed by atoms with van der Waals surface area (Å²) >= 11 is 14.0. The SMILES string of the molecule is CC.CC(=O)OCC1CN(c2nc3ccc(Cl)cc3s2)Cc2[nH]c3ccc(Cl)cc3c21. The number of ether oxygens (including phenoxy) is 1. The maximum Gasteiger partial charge on any atom is 0.302 e. The predicted octanol–water partition coefficient (Wildman–Crippen LogP) is 6.78. The van der Waals surface area contributed by atoms with E-state index in [2.05, 4.69) is 9.88 Å². The molecule has 2 aromatic carbocycles. The number of nitrogens with one attached hydrogen (secondary N) is 1. The van der Waals surface area contributed by atoms with Gasteiger partial charge in [-0.2, -0.15) is 0 Å². The van der Waals surface area contributed by atoms with E-state index in [1.54, 1.807) is 11.3 Å². The Morgan fingerprint density at radius 3 is 2.74 bits per heavy atom. The first kappa shape index (κ1) is 21.9. The van der Waals surface area contributed by atoms with Gasteiger partial charge >= 0.3 is 5.97 Å². The molecule has 0 spiro atoms. The molecule has 0 saturated carbocycles. The van der Waals surface area contributed by atoms with Gasteiger partial charge in [0, 0.05) is 46.0 Å². The van der Waals surface area contributed by atoms with Crippen LogP contribution >= 0.6 is 34.5 Å². The van der Waals surface area contributed by atoms with Crippen LogP contribution in [0.5, 0.6) is 0 Å². The van der Waals surface area contributed by atoms with E-state index in [0.717, 1.165) is 31.9 Å². The smallest absolute Gasteiger partial charge is 0.302 e. The number of H-pyrrole nitrogens is 1. The number of carbonyl (C=O) groups is 1. The van der Waals surface area contributed by atoms with Gasteiger partial charge in [0.25, 0.3) is 0 Å². The van der Waals surface area contributed by atoms with Crippen molar-refractivity contribution >= 4 is 66.8 Å². The first-order valence-electron chi connectivity index (χ1n) is 10.2. The molecule has 1 unspecified atom stereocenters. The highest BCUT2D eigenvalue weighted by Gasteiger charge is 2.31. The van der Waals surface area contributed by atoms with Crippen molar-refractivity contribution in [1.29, 1.82) is 0 Å². The van der Waals surface area contributed by atoms with E-state index >= 15 is 0 Å². The van der Waals surface area contributed by atoms with E-state index in [4.69, 9.17) is 32.9 Å². The number of fused-ring (bicyclic) bond motifs is 4. The zero-order valence-corrected chi connectivity index (χ0v) is 19.9. The van der Waals surface area contributed by atoms with E-state index < -0.39 is 0 Å². The summed E-state index contributed by atoms with van der Waals surface area (Å²) < 4.78 is 6.45. The molecule has 5 rings (SSSR count). The van der Waals surface area contributed by atoms with Crippen molar-refractivity contribution in [1.82, 2.24) is 9.97 Å². The molecule has 1 aliphatic heterocycles. The van der Waals surface area contributed by atoms with E-state index in [9.17, 15) is 4.79 Å². The lowest BCUT2D eigenvalue weighted by Crippen LogP contribution is -2.35. The Morgan fingerprint density at radius 1 is 1.23 bits per heavy atom. The van der Waals surface area contributed by atoms with Gasteiger partial charge in [-0.3, -0.25) is 4.79 Å². The van der Waals surface area contributed by atoms with Gasteiger partial charge in [0.2, 0.25) is 0 Å². The fourth-order valence-corrected chi connectivity index (χ4v) is 5.39. The molecule has 5 nitrogen and oxygen atoms in total. The molecule has 0 bridgehead atoms. The van der Waals surface area contributed by atoms with Gasteiger partial charge in [-0.1, -0.05) is 48.4 Å². The van der Waals surface area contributed by atoms with Crippen LogP contribution in [0.1, 0.15) is 37.9 Å². The summed E-state index contributed by atoms with van der Waals surface area (Å²) in [4.78, 5) is 22.0. The zero-order valence-electron chi connectivity index (χ0n) is 17.5. The quantitative estimate of drug-likeness (QED) is 0.331. The highest BCUT2D eigenvalue weighted by Crippen LogP contribution is 2.40. The van der Waals surface area contributed by atoms with E-state index in [0.29, 0.717) is 29.7 Å².